The Balaban J connectivity index is 1.84. The molecule has 1 N–H and O–H groups in total. The molecule has 0 atom stereocenters. The van der Waals surface area contributed by atoms with Crippen LogP contribution in [0.4, 0.5) is 5.69 Å². The largest absolute Gasteiger partial charge is 0.280 e. The molecule has 1 aliphatic rings. The third kappa shape index (κ3) is 5.68. The van der Waals surface area contributed by atoms with Gasteiger partial charge in [-0.2, -0.15) is 4.31 Å². The molecule has 0 bridgehead atoms. The average Bonchev–Trinajstić information content (AvgIpc) is 2.99. The molecular formula is C21H26N2O4S2. The smallest absolute Gasteiger partial charge is 0.255 e. The van der Waals surface area contributed by atoms with Gasteiger partial charge in [-0.05, 0) is 49.1 Å². The van der Waals surface area contributed by atoms with Crippen LogP contribution in [0.15, 0.2) is 58.8 Å². The van der Waals surface area contributed by atoms with E-state index in [1.54, 1.807) is 31.2 Å². The number of rotatable bonds is 6. The average molecular weight is 435 g/mol. The van der Waals surface area contributed by atoms with Crippen molar-refractivity contribution in [3.8, 4) is 0 Å². The van der Waals surface area contributed by atoms with Crippen LogP contribution in [-0.2, 0) is 20.0 Å². The number of hydrogen-bond acceptors (Lipinski definition) is 4. The fraction of sp³-hybridized carbons (Fsp3) is 0.333. The Morgan fingerprint density at radius 3 is 2.21 bits per heavy atom. The maximum absolute atomic E-state index is 13.1. The zero-order valence-corrected chi connectivity index (χ0v) is 18.0. The molecule has 0 radical (unpaired) electrons. The third-order valence-corrected chi connectivity index (χ3v) is 7.93. The van der Waals surface area contributed by atoms with Crippen LogP contribution in [0.1, 0.15) is 36.8 Å². The first-order valence-corrected chi connectivity index (χ1v) is 12.6. The molecule has 2 aromatic rings. The summed E-state index contributed by atoms with van der Waals surface area (Å²) in [5.74, 6) is 0. The molecule has 1 aliphatic heterocycles. The Morgan fingerprint density at radius 1 is 0.897 bits per heavy atom. The normalized spacial score (nSPS) is 16.6. The SMILES string of the molecule is Cc1ccc(NS(=O)(=O)/C=C/c2ccccc2)cc1S(=O)(=O)N1CCCCCC1. The molecule has 29 heavy (non-hydrogen) atoms. The summed E-state index contributed by atoms with van der Waals surface area (Å²) in [7, 11) is -7.45. The molecule has 1 fully saturated rings. The van der Waals surface area contributed by atoms with Crippen molar-refractivity contribution in [3.63, 3.8) is 0 Å². The second kappa shape index (κ2) is 9.11. The van der Waals surface area contributed by atoms with Crippen molar-refractivity contribution in [2.24, 2.45) is 0 Å². The second-order valence-electron chi connectivity index (χ2n) is 7.16. The van der Waals surface area contributed by atoms with Gasteiger partial charge in [-0.3, -0.25) is 4.72 Å². The lowest BCUT2D eigenvalue weighted by molar-refractivity contribution is 0.423. The van der Waals surface area contributed by atoms with E-state index in [1.807, 2.05) is 18.2 Å². The molecule has 0 aromatic heterocycles. The van der Waals surface area contributed by atoms with Gasteiger partial charge in [0.1, 0.15) is 0 Å². The van der Waals surface area contributed by atoms with Crippen LogP contribution in [-0.4, -0.2) is 34.2 Å². The molecule has 156 valence electrons. The Kier molecular flexibility index (Phi) is 6.77. The standard InChI is InChI=1S/C21H26N2O4S2/c1-18-11-12-20(22-28(24,25)16-13-19-9-5-4-6-10-19)17-21(18)29(26,27)23-14-7-2-3-8-15-23/h4-6,9-13,16-17,22H,2-3,7-8,14-15H2,1H3/b16-13+. The lowest BCUT2D eigenvalue weighted by Crippen LogP contribution is -2.32. The van der Waals surface area contributed by atoms with Gasteiger partial charge in [0, 0.05) is 13.1 Å². The minimum absolute atomic E-state index is 0.145. The summed E-state index contributed by atoms with van der Waals surface area (Å²) in [5, 5.41) is 1.07. The molecule has 3 rings (SSSR count). The van der Waals surface area contributed by atoms with Crippen molar-refractivity contribution < 1.29 is 16.8 Å². The van der Waals surface area contributed by atoms with Crippen LogP contribution in [0.25, 0.3) is 6.08 Å². The highest BCUT2D eigenvalue weighted by molar-refractivity contribution is 7.95. The van der Waals surface area contributed by atoms with E-state index in [-0.39, 0.29) is 10.6 Å². The van der Waals surface area contributed by atoms with Gasteiger partial charge in [-0.15, -0.1) is 0 Å². The van der Waals surface area contributed by atoms with Gasteiger partial charge in [-0.1, -0.05) is 49.2 Å². The minimum Gasteiger partial charge on any atom is -0.280 e. The van der Waals surface area contributed by atoms with Crippen LogP contribution >= 0.6 is 0 Å². The Hall–Kier alpha value is -2.16. The monoisotopic (exact) mass is 434 g/mol. The molecule has 2 aromatic carbocycles. The van der Waals surface area contributed by atoms with Gasteiger partial charge in [0.05, 0.1) is 16.0 Å². The quantitative estimate of drug-likeness (QED) is 0.746. The number of anilines is 1. The summed E-state index contributed by atoms with van der Waals surface area (Å²) in [6.45, 7) is 2.72. The van der Waals surface area contributed by atoms with Crippen molar-refractivity contribution in [3.05, 3.63) is 65.1 Å². The molecule has 6 nitrogen and oxygen atoms in total. The summed E-state index contributed by atoms with van der Waals surface area (Å²) in [6, 6.07) is 13.7. The molecular weight excluding hydrogens is 408 g/mol. The van der Waals surface area contributed by atoms with E-state index in [0.717, 1.165) is 36.7 Å². The lowest BCUT2D eigenvalue weighted by Gasteiger charge is -2.21. The highest BCUT2D eigenvalue weighted by atomic mass is 32.2. The van der Waals surface area contributed by atoms with Crippen LogP contribution in [0, 0.1) is 6.92 Å². The molecule has 1 saturated heterocycles. The predicted octanol–water partition coefficient (Wildman–Crippen LogP) is 3.97. The van der Waals surface area contributed by atoms with Crippen molar-refractivity contribution in [1.29, 1.82) is 0 Å². The first-order chi connectivity index (χ1) is 13.8. The van der Waals surface area contributed by atoms with E-state index in [0.29, 0.717) is 18.7 Å². The number of nitrogens with zero attached hydrogens (tertiary/aromatic N) is 1. The van der Waals surface area contributed by atoms with E-state index in [2.05, 4.69) is 4.72 Å². The van der Waals surface area contributed by atoms with Gasteiger partial charge < -0.3 is 0 Å². The number of sulfonamides is 2. The number of hydrogen-bond donors (Lipinski definition) is 1. The molecule has 0 saturated carbocycles. The Morgan fingerprint density at radius 2 is 1.55 bits per heavy atom. The van der Waals surface area contributed by atoms with Gasteiger partial charge >= 0.3 is 0 Å². The van der Waals surface area contributed by atoms with E-state index >= 15 is 0 Å². The highest BCUT2D eigenvalue weighted by Crippen LogP contribution is 2.26. The first-order valence-electron chi connectivity index (χ1n) is 9.65. The van der Waals surface area contributed by atoms with E-state index in [9.17, 15) is 16.8 Å². The van der Waals surface area contributed by atoms with Crippen LogP contribution in [0.3, 0.4) is 0 Å². The molecule has 0 amide bonds. The first kappa shape index (κ1) is 21.5. The summed E-state index contributed by atoms with van der Waals surface area (Å²) in [5.41, 5.74) is 1.57. The molecule has 0 unspecified atom stereocenters. The molecule has 0 aliphatic carbocycles. The molecule has 0 spiro atoms. The van der Waals surface area contributed by atoms with Crippen LogP contribution in [0.2, 0.25) is 0 Å². The van der Waals surface area contributed by atoms with Crippen molar-refractivity contribution in [2.75, 3.05) is 17.8 Å². The van der Waals surface area contributed by atoms with Crippen molar-refractivity contribution in [2.45, 2.75) is 37.5 Å². The van der Waals surface area contributed by atoms with Gasteiger partial charge in [0.2, 0.25) is 10.0 Å². The van der Waals surface area contributed by atoms with Crippen molar-refractivity contribution >= 4 is 31.8 Å². The minimum atomic E-state index is -3.78. The summed E-state index contributed by atoms with van der Waals surface area (Å²) < 4.78 is 55.0. The van der Waals surface area contributed by atoms with E-state index in [4.69, 9.17) is 0 Å². The van der Waals surface area contributed by atoms with Crippen LogP contribution in [0.5, 0.6) is 0 Å². The molecule has 8 heteroatoms. The topological polar surface area (TPSA) is 83.5 Å². The van der Waals surface area contributed by atoms with E-state index in [1.165, 1.54) is 16.4 Å². The maximum atomic E-state index is 13.1. The second-order valence-corrected chi connectivity index (χ2v) is 10.6. The van der Waals surface area contributed by atoms with E-state index < -0.39 is 20.0 Å². The number of nitrogens with one attached hydrogen (secondary N) is 1. The van der Waals surface area contributed by atoms with Crippen molar-refractivity contribution in [1.82, 2.24) is 4.31 Å². The Labute approximate surface area is 173 Å². The third-order valence-electron chi connectivity index (χ3n) is 4.87. The van der Waals surface area contributed by atoms with Gasteiger partial charge in [-0.25, -0.2) is 16.8 Å². The summed E-state index contributed by atoms with van der Waals surface area (Å²) in [4.78, 5) is 0.145. The zero-order chi connectivity index (χ0) is 20.9. The lowest BCUT2D eigenvalue weighted by atomic mass is 10.2. The predicted molar refractivity (Wildman–Crippen MR) is 116 cm³/mol. The molecule has 1 heterocycles. The number of benzene rings is 2. The summed E-state index contributed by atoms with van der Waals surface area (Å²) >= 11 is 0. The van der Waals surface area contributed by atoms with Crippen LogP contribution < -0.4 is 4.72 Å². The van der Waals surface area contributed by atoms with Gasteiger partial charge in [0.15, 0.2) is 0 Å². The summed E-state index contributed by atoms with van der Waals surface area (Å²) in [6.07, 6.45) is 5.23. The fourth-order valence-electron chi connectivity index (χ4n) is 3.29. The Bertz CT molecular complexity index is 1070. The number of aryl methyl sites for hydroxylation is 1. The fourth-order valence-corrected chi connectivity index (χ4v) is 5.92. The van der Waals surface area contributed by atoms with Gasteiger partial charge in [0.25, 0.3) is 10.0 Å². The highest BCUT2D eigenvalue weighted by Gasteiger charge is 2.27. The maximum Gasteiger partial charge on any atom is 0.255 e. The zero-order valence-electron chi connectivity index (χ0n) is 16.4.